The third-order valence-corrected chi connectivity index (χ3v) is 5.17. The third-order valence-electron chi connectivity index (χ3n) is 4.23. The lowest BCUT2D eigenvalue weighted by Crippen LogP contribution is -2.35. The van der Waals surface area contributed by atoms with Crippen LogP contribution in [0.4, 0.5) is 0 Å². The molecule has 1 amide bonds. The van der Waals surface area contributed by atoms with Gasteiger partial charge in [-0.3, -0.25) is 9.69 Å². The number of aromatic nitrogens is 1. The fourth-order valence-corrected chi connectivity index (χ4v) is 3.69. The lowest BCUT2D eigenvalue weighted by Gasteiger charge is -2.26. The summed E-state index contributed by atoms with van der Waals surface area (Å²) in [6.07, 6.45) is 0.847. The summed E-state index contributed by atoms with van der Waals surface area (Å²) in [7, 11) is 0. The molecular weight excluding hydrogens is 350 g/mol. The highest BCUT2D eigenvalue weighted by Crippen LogP contribution is 2.25. The molecule has 7 heteroatoms. The van der Waals surface area contributed by atoms with Gasteiger partial charge in [0.1, 0.15) is 5.01 Å². The zero-order valence-electron chi connectivity index (χ0n) is 14.8. The number of hydrogen-bond donors (Lipinski definition) is 2. The number of carbonyl (C=O) groups excluding carboxylic acids is 1. The minimum atomic E-state index is -0.0589. The van der Waals surface area contributed by atoms with Crippen LogP contribution in [0.2, 0.25) is 0 Å². The number of ether oxygens (including phenoxy) is 1. The van der Waals surface area contributed by atoms with Gasteiger partial charge in [0, 0.05) is 43.7 Å². The summed E-state index contributed by atoms with van der Waals surface area (Å²) in [4.78, 5) is 18.9. The molecule has 0 bridgehead atoms. The molecule has 0 spiro atoms. The van der Waals surface area contributed by atoms with E-state index in [1.54, 1.807) is 11.3 Å². The van der Waals surface area contributed by atoms with Gasteiger partial charge in [-0.05, 0) is 18.1 Å². The normalized spacial score (nSPS) is 15.1. The Labute approximate surface area is 157 Å². The number of carbonyl (C=O) groups is 1. The van der Waals surface area contributed by atoms with Crippen molar-refractivity contribution in [2.75, 3.05) is 39.5 Å². The number of nitrogens with one attached hydrogen (secondary N) is 1. The largest absolute Gasteiger partial charge is 0.396 e. The standard InChI is InChI=1S/C19H25N3O3S/c23-8-2-5-20-18(24)12-17-14-26-19(21-17)16-4-1-3-15(11-16)13-22-6-9-25-10-7-22/h1,3-4,11,14,23H,2,5-10,12-13H2,(H,20,24). The van der Waals surface area contributed by atoms with Crippen LogP contribution < -0.4 is 5.32 Å². The minimum absolute atomic E-state index is 0.0589. The smallest absolute Gasteiger partial charge is 0.226 e. The number of thiazole rings is 1. The number of amides is 1. The Morgan fingerprint density at radius 1 is 1.35 bits per heavy atom. The van der Waals surface area contributed by atoms with Gasteiger partial charge in [-0.25, -0.2) is 4.98 Å². The number of aliphatic hydroxyl groups is 1. The molecular formula is C19H25N3O3S. The van der Waals surface area contributed by atoms with Gasteiger partial charge < -0.3 is 15.2 Å². The zero-order chi connectivity index (χ0) is 18.2. The van der Waals surface area contributed by atoms with Crippen LogP contribution in [0.15, 0.2) is 29.6 Å². The summed E-state index contributed by atoms with van der Waals surface area (Å²) in [6.45, 7) is 5.04. The van der Waals surface area contributed by atoms with Gasteiger partial charge in [-0.15, -0.1) is 11.3 Å². The quantitative estimate of drug-likeness (QED) is 0.687. The average Bonchev–Trinajstić information content (AvgIpc) is 3.11. The number of nitrogens with zero attached hydrogens (tertiary/aromatic N) is 2. The second kappa shape index (κ2) is 9.78. The molecule has 2 heterocycles. The zero-order valence-corrected chi connectivity index (χ0v) is 15.6. The molecule has 140 valence electrons. The van der Waals surface area contributed by atoms with Crippen LogP contribution in [0, 0.1) is 0 Å². The summed E-state index contributed by atoms with van der Waals surface area (Å²) in [6, 6.07) is 8.45. The van der Waals surface area contributed by atoms with Crippen LogP contribution in [-0.4, -0.2) is 60.4 Å². The molecule has 3 rings (SSSR count). The molecule has 26 heavy (non-hydrogen) atoms. The van der Waals surface area contributed by atoms with Crippen molar-refractivity contribution in [3.8, 4) is 10.6 Å². The van der Waals surface area contributed by atoms with Gasteiger partial charge in [0.2, 0.25) is 5.91 Å². The Kier molecular flexibility index (Phi) is 7.13. The maximum absolute atomic E-state index is 11.9. The van der Waals surface area contributed by atoms with Gasteiger partial charge in [0.25, 0.3) is 0 Å². The number of hydrogen-bond acceptors (Lipinski definition) is 6. The maximum Gasteiger partial charge on any atom is 0.226 e. The van der Waals surface area contributed by atoms with E-state index in [4.69, 9.17) is 9.84 Å². The number of benzene rings is 1. The molecule has 1 aliphatic heterocycles. The van der Waals surface area contributed by atoms with E-state index in [0.29, 0.717) is 13.0 Å². The summed E-state index contributed by atoms with van der Waals surface area (Å²) in [5.74, 6) is -0.0589. The SMILES string of the molecule is O=C(Cc1csc(-c2cccc(CN3CCOCC3)c2)n1)NCCCO. The van der Waals surface area contributed by atoms with Crippen molar-refractivity contribution in [1.29, 1.82) is 0 Å². The predicted octanol–water partition coefficient (Wildman–Crippen LogP) is 1.68. The molecule has 0 aliphatic carbocycles. The van der Waals surface area contributed by atoms with Crippen LogP contribution in [-0.2, 0) is 22.5 Å². The highest BCUT2D eigenvalue weighted by Gasteiger charge is 2.12. The lowest BCUT2D eigenvalue weighted by molar-refractivity contribution is -0.120. The highest BCUT2D eigenvalue weighted by molar-refractivity contribution is 7.13. The molecule has 0 atom stereocenters. The van der Waals surface area contributed by atoms with Crippen LogP contribution in [0.5, 0.6) is 0 Å². The second-order valence-corrected chi connectivity index (χ2v) is 7.19. The fraction of sp³-hybridized carbons (Fsp3) is 0.474. The van der Waals surface area contributed by atoms with E-state index in [9.17, 15) is 4.79 Å². The van der Waals surface area contributed by atoms with Gasteiger partial charge in [-0.1, -0.05) is 18.2 Å². The molecule has 1 aliphatic rings. The molecule has 0 saturated carbocycles. The van der Waals surface area contributed by atoms with E-state index in [1.807, 2.05) is 5.38 Å². The molecule has 6 nitrogen and oxygen atoms in total. The van der Waals surface area contributed by atoms with Crippen molar-refractivity contribution >= 4 is 17.2 Å². The molecule has 1 aromatic carbocycles. The predicted molar refractivity (Wildman–Crippen MR) is 102 cm³/mol. The molecule has 1 saturated heterocycles. The number of rotatable bonds is 8. The first-order valence-electron chi connectivity index (χ1n) is 8.96. The van der Waals surface area contributed by atoms with Crippen molar-refractivity contribution < 1.29 is 14.6 Å². The summed E-state index contributed by atoms with van der Waals surface area (Å²) < 4.78 is 5.40. The van der Waals surface area contributed by atoms with Crippen LogP contribution in [0.1, 0.15) is 17.7 Å². The van der Waals surface area contributed by atoms with E-state index in [1.165, 1.54) is 5.56 Å². The molecule has 1 aromatic heterocycles. The minimum Gasteiger partial charge on any atom is -0.396 e. The number of morpholine rings is 1. The first-order valence-corrected chi connectivity index (χ1v) is 9.84. The fourth-order valence-electron chi connectivity index (χ4n) is 2.87. The molecule has 1 fully saturated rings. The Bertz CT molecular complexity index is 714. The van der Waals surface area contributed by atoms with Crippen molar-refractivity contribution in [3.63, 3.8) is 0 Å². The van der Waals surface area contributed by atoms with E-state index < -0.39 is 0 Å². The van der Waals surface area contributed by atoms with Crippen LogP contribution >= 0.6 is 11.3 Å². The lowest BCUT2D eigenvalue weighted by atomic mass is 10.1. The third kappa shape index (κ3) is 5.60. The average molecular weight is 375 g/mol. The van der Waals surface area contributed by atoms with Crippen molar-refractivity contribution in [3.05, 3.63) is 40.9 Å². The first-order chi connectivity index (χ1) is 12.7. The highest BCUT2D eigenvalue weighted by atomic mass is 32.1. The molecule has 0 radical (unpaired) electrons. The van der Waals surface area contributed by atoms with E-state index in [0.717, 1.165) is 49.1 Å². The van der Waals surface area contributed by atoms with Crippen molar-refractivity contribution in [2.45, 2.75) is 19.4 Å². The van der Waals surface area contributed by atoms with Crippen LogP contribution in [0.3, 0.4) is 0 Å². The topological polar surface area (TPSA) is 74.7 Å². The Hall–Kier alpha value is -1.80. The summed E-state index contributed by atoms with van der Waals surface area (Å²) in [5.41, 5.74) is 3.14. The van der Waals surface area contributed by atoms with Crippen molar-refractivity contribution in [2.24, 2.45) is 0 Å². The van der Waals surface area contributed by atoms with Gasteiger partial charge in [0.15, 0.2) is 0 Å². The molecule has 0 unspecified atom stereocenters. The molecule has 2 aromatic rings. The maximum atomic E-state index is 11.9. The van der Waals surface area contributed by atoms with E-state index in [2.05, 4.69) is 39.5 Å². The van der Waals surface area contributed by atoms with Gasteiger partial charge >= 0.3 is 0 Å². The van der Waals surface area contributed by atoms with Crippen LogP contribution in [0.25, 0.3) is 10.6 Å². The summed E-state index contributed by atoms with van der Waals surface area (Å²) in [5, 5.41) is 14.4. The van der Waals surface area contributed by atoms with E-state index in [-0.39, 0.29) is 18.9 Å². The number of aliphatic hydroxyl groups excluding tert-OH is 1. The first kappa shape index (κ1) is 19.0. The van der Waals surface area contributed by atoms with E-state index >= 15 is 0 Å². The van der Waals surface area contributed by atoms with Gasteiger partial charge in [0.05, 0.1) is 25.3 Å². The second-order valence-electron chi connectivity index (χ2n) is 6.34. The van der Waals surface area contributed by atoms with Crippen molar-refractivity contribution in [1.82, 2.24) is 15.2 Å². The Morgan fingerprint density at radius 3 is 3.00 bits per heavy atom. The Balaban J connectivity index is 1.59. The van der Waals surface area contributed by atoms with Gasteiger partial charge in [-0.2, -0.15) is 0 Å². The summed E-state index contributed by atoms with van der Waals surface area (Å²) >= 11 is 1.56. The molecule has 2 N–H and O–H groups in total. The Morgan fingerprint density at radius 2 is 2.19 bits per heavy atom. The monoisotopic (exact) mass is 375 g/mol.